The summed E-state index contributed by atoms with van der Waals surface area (Å²) < 4.78 is 12.2. The number of hydrogen-bond acceptors (Lipinski definition) is 5. The first-order chi connectivity index (χ1) is 12.8. The lowest BCUT2D eigenvalue weighted by atomic mass is 9.97. The van der Waals surface area contributed by atoms with Crippen LogP contribution in [0.15, 0.2) is 38.3 Å². The molecule has 1 aromatic carbocycles. The van der Waals surface area contributed by atoms with Crippen molar-refractivity contribution in [2.75, 3.05) is 13.1 Å². The Morgan fingerprint density at radius 3 is 2.67 bits per heavy atom. The van der Waals surface area contributed by atoms with Gasteiger partial charge in [-0.25, -0.2) is 4.99 Å². The van der Waals surface area contributed by atoms with Crippen molar-refractivity contribution in [2.24, 2.45) is 4.99 Å². The third-order valence-corrected chi connectivity index (χ3v) is 4.21. The first-order valence-electron chi connectivity index (χ1n) is 9.06. The van der Waals surface area contributed by atoms with E-state index in [0.29, 0.717) is 30.8 Å². The summed E-state index contributed by atoms with van der Waals surface area (Å²) >= 11 is 3.49. The van der Waals surface area contributed by atoms with Crippen molar-refractivity contribution < 1.29 is 9.26 Å². The lowest BCUT2D eigenvalue weighted by molar-refractivity contribution is 0.222. The van der Waals surface area contributed by atoms with Gasteiger partial charge in [-0.2, -0.15) is 4.98 Å². The number of halogens is 1. The van der Waals surface area contributed by atoms with Crippen molar-refractivity contribution in [2.45, 2.75) is 52.7 Å². The number of nitrogens with one attached hydrogen (secondary N) is 2. The highest BCUT2D eigenvalue weighted by molar-refractivity contribution is 9.10. The Kier molecular flexibility index (Phi) is 7.65. The monoisotopic (exact) mass is 437 g/mol. The maximum absolute atomic E-state index is 5.95. The summed E-state index contributed by atoms with van der Waals surface area (Å²) in [6.07, 6.45) is -0.0368. The molecule has 0 saturated heterocycles. The van der Waals surface area contributed by atoms with Gasteiger partial charge in [-0.1, -0.05) is 38.1 Å². The van der Waals surface area contributed by atoms with E-state index in [1.165, 1.54) is 0 Å². The number of benzene rings is 1. The van der Waals surface area contributed by atoms with Crippen LogP contribution >= 0.6 is 15.9 Å². The molecule has 0 spiro atoms. The second-order valence-electron chi connectivity index (χ2n) is 7.20. The van der Waals surface area contributed by atoms with Gasteiger partial charge in [0.15, 0.2) is 11.8 Å². The fourth-order valence-corrected chi connectivity index (χ4v) is 2.53. The second-order valence-corrected chi connectivity index (χ2v) is 8.06. The first kappa shape index (κ1) is 21.2. The second kappa shape index (κ2) is 9.73. The van der Waals surface area contributed by atoms with Crippen LogP contribution in [0.5, 0.6) is 5.75 Å². The van der Waals surface area contributed by atoms with E-state index < -0.39 is 0 Å². The minimum absolute atomic E-state index is 0.0368. The molecular weight excluding hydrogens is 410 g/mol. The molecule has 148 valence electrons. The number of ether oxygens (including phenoxy) is 1. The predicted molar refractivity (Wildman–Crippen MR) is 110 cm³/mol. The van der Waals surface area contributed by atoms with Gasteiger partial charge < -0.3 is 19.9 Å². The average molecular weight is 438 g/mol. The molecule has 0 saturated carbocycles. The number of rotatable bonds is 7. The smallest absolute Gasteiger partial charge is 0.232 e. The molecule has 1 heterocycles. The van der Waals surface area contributed by atoms with E-state index >= 15 is 0 Å². The molecular formula is C19H28BrN5O2. The zero-order valence-electron chi connectivity index (χ0n) is 16.5. The van der Waals surface area contributed by atoms with E-state index in [9.17, 15) is 0 Å². The molecule has 0 aliphatic carbocycles. The Balaban J connectivity index is 1.91. The molecule has 0 radical (unpaired) electrons. The minimum atomic E-state index is -0.170. The molecule has 0 fully saturated rings. The molecule has 0 aliphatic heterocycles. The summed E-state index contributed by atoms with van der Waals surface area (Å²) in [7, 11) is 0. The highest BCUT2D eigenvalue weighted by Crippen LogP contribution is 2.24. The predicted octanol–water partition coefficient (Wildman–Crippen LogP) is 3.65. The van der Waals surface area contributed by atoms with Gasteiger partial charge in [0.25, 0.3) is 0 Å². The van der Waals surface area contributed by atoms with Gasteiger partial charge in [-0.3, -0.25) is 0 Å². The van der Waals surface area contributed by atoms with Crippen LogP contribution in [0.25, 0.3) is 0 Å². The number of aromatic nitrogens is 2. The number of aliphatic imine (C=N–C) groups is 1. The molecule has 0 aliphatic rings. The first-order valence-corrected chi connectivity index (χ1v) is 9.85. The molecule has 2 rings (SSSR count). The maximum Gasteiger partial charge on any atom is 0.232 e. The van der Waals surface area contributed by atoms with Crippen LogP contribution in [-0.2, 0) is 12.0 Å². The zero-order valence-corrected chi connectivity index (χ0v) is 18.1. The van der Waals surface area contributed by atoms with Gasteiger partial charge in [0.1, 0.15) is 18.4 Å². The van der Waals surface area contributed by atoms with E-state index in [0.717, 1.165) is 16.8 Å². The zero-order chi connectivity index (χ0) is 19.9. The van der Waals surface area contributed by atoms with E-state index in [4.69, 9.17) is 9.26 Å². The molecule has 7 nitrogen and oxygen atoms in total. The van der Waals surface area contributed by atoms with Crippen molar-refractivity contribution in [3.63, 3.8) is 0 Å². The number of nitrogens with zero attached hydrogens (tertiary/aromatic N) is 3. The number of hydrogen-bond donors (Lipinski definition) is 2. The quantitative estimate of drug-likeness (QED) is 0.507. The third kappa shape index (κ3) is 6.86. The van der Waals surface area contributed by atoms with E-state index in [1.807, 2.05) is 58.9 Å². The Morgan fingerprint density at radius 1 is 1.30 bits per heavy atom. The summed E-state index contributed by atoms with van der Waals surface area (Å²) in [5.74, 6) is 2.67. The van der Waals surface area contributed by atoms with E-state index in [-0.39, 0.29) is 11.5 Å². The fourth-order valence-electron chi connectivity index (χ4n) is 2.15. The molecule has 8 heteroatoms. The molecule has 0 amide bonds. The van der Waals surface area contributed by atoms with Crippen molar-refractivity contribution in [1.29, 1.82) is 0 Å². The van der Waals surface area contributed by atoms with E-state index in [2.05, 4.69) is 41.7 Å². The lowest BCUT2D eigenvalue weighted by Gasteiger charge is -2.18. The van der Waals surface area contributed by atoms with Crippen molar-refractivity contribution >= 4 is 21.9 Å². The summed E-state index contributed by atoms with van der Waals surface area (Å²) in [6.45, 7) is 11.8. The summed E-state index contributed by atoms with van der Waals surface area (Å²) in [4.78, 5) is 8.92. The highest BCUT2D eigenvalue weighted by atomic mass is 79.9. The Morgan fingerprint density at radius 2 is 2.04 bits per heavy atom. The summed E-state index contributed by atoms with van der Waals surface area (Å²) in [6, 6.07) is 7.79. The normalized spacial score (nSPS) is 13.3. The molecule has 27 heavy (non-hydrogen) atoms. The maximum atomic E-state index is 5.95. The lowest BCUT2D eigenvalue weighted by Crippen LogP contribution is -2.41. The van der Waals surface area contributed by atoms with Crippen LogP contribution in [0.4, 0.5) is 0 Å². The minimum Gasteiger partial charge on any atom is -0.488 e. The fraction of sp³-hybridized carbons (Fsp3) is 0.526. The SMILES string of the molecule is CCNC(=NCc1noc(C(C)(C)C)n1)NCC(C)Oc1ccccc1Br. The molecule has 2 aromatic rings. The van der Waals surface area contributed by atoms with Crippen LogP contribution in [0.3, 0.4) is 0 Å². The Bertz CT molecular complexity index is 755. The van der Waals surface area contributed by atoms with Crippen LogP contribution < -0.4 is 15.4 Å². The molecule has 1 unspecified atom stereocenters. The highest BCUT2D eigenvalue weighted by Gasteiger charge is 2.21. The molecule has 1 aromatic heterocycles. The Labute approximate surface area is 169 Å². The standard InChI is InChI=1S/C19H28BrN5O2/c1-6-21-18(23-12-16-24-17(27-25-16)19(3,4)5)22-11-13(2)26-15-10-8-7-9-14(15)20/h7-10,13H,6,11-12H2,1-5H3,(H2,21,22,23). The topological polar surface area (TPSA) is 84.6 Å². The average Bonchev–Trinajstić information content (AvgIpc) is 3.09. The van der Waals surface area contributed by atoms with Gasteiger partial charge in [-0.05, 0) is 41.9 Å². The largest absolute Gasteiger partial charge is 0.488 e. The van der Waals surface area contributed by atoms with Crippen molar-refractivity contribution in [3.8, 4) is 5.75 Å². The van der Waals surface area contributed by atoms with E-state index in [1.54, 1.807) is 0 Å². The third-order valence-electron chi connectivity index (χ3n) is 3.55. The van der Waals surface area contributed by atoms with Crippen LogP contribution in [0.2, 0.25) is 0 Å². The van der Waals surface area contributed by atoms with Crippen LogP contribution in [0.1, 0.15) is 46.3 Å². The Hall–Kier alpha value is -2.09. The molecule has 0 bridgehead atoms. The van der Waals surface area contributed by atoms with Gasteiger partial charge in [-0.15, -0.1) is 0 Å². The van der Waals surface area contributed by atoms with Gasteiger partial charge >= 0.3 is 0 Å². The van der Waals surface area contributed by atoms with Gasteiger partial charge in [0.2, 0.25) is 5.89 Å². The number of guanidine groups is 1. The van der Waals surface area contributed by atoms with Crippen LogP contribution in [-0.4, -0.2) is 35.3 Å². The van der Waals surface area contributed by atoms with Crippen molar-refractivity contribution in [1.82, 2.24) is 20.8 Å². The van der Waals surface area contributed by atoms with Crippen molar-refractivity contribution in [3.05, 3.63) is 40.5 Å². The summed E-state index contributed by atoms with van der Waals surface area (Å²) in [5.41, 5.74) is -0.170. The van der Waals surface area contributed by atoms with Gasteiger partial charge in [0, 0.05) is 12.0 Å². The molecule has 2 N–H and O–H groups in total. The van der Waals surface area contributed by atoms with Crippen LogP contribution in [0, 0.1) is 0 Å². The molecule has 1 atom stereocenters. The van der Waals surface area contributed by atoms with Gasteiger partial charge in [0.05, 0.1) is 11.0 Å². The summed E-state index contributed by atoms with van der Waals surface area (Å²) in [5, 5.41) is 10.5. The number of para-hydroxylation sites is 1.